The number of thioether (sulfide) groups is 1. The van der Waals surface area contributed by atoms with Gasteiger partial charge in [-0.1, -0.05) is 0 Å². The molecule has 0 saturated carbocycles. The smallest absolute Gasteiger partial charge is 0.319 e. The van der Waals surface area contributed by atoms with Crippen molar-refractivity contribution in [1.29, 1.82) is 0 Å². The lowest BCUT2D eigenvalue weighted by Gasteiger charge is -2.08. The van der Waals surface area contributed by atoms with Gasteiger partial charge in [-0.05, 0) is 24.3 Å². The van der Waals surface area contributed by atoms with Gasteiger partial charge < -0.3 is 14.9 Å². The molecule has 15 heavy (non-hydrogen) atoms. The molecular weight excluding hydrogens is 216 g/mol. The predicted molar refractivity (Wildman–Crippen MR) is 57.4 cm³/mol. The topological polar surface area (TPSA) is 66.8 Å². The van der Waals surface area contributed by atoms with Crippen LogP contribution in [-0.4, -0.2) is 35.1 Å². The van der Waals surface area contributed by atoms with Crippen LogP contribution in [0.15, 0.2) is 29.2 Å². The summed E-state index contributed by atoms with van der Waals surface area (Å²) in [5.74, 6) is -0.298. The summed E-state index contributed by atoms with van der Waals surface area (Å²) in [5, 5.41) is 16.7. The van der Waals surface area contributed by atoms with Crippen molar-refractivity contribution in [3.8, 4) is 5.75 Å². The summed E-state index contributed by atoms with van der Waals surface area (Å²) in [5.41, 5.74) is 0. The molecule has 4 nitrogen and oxygen atoms in total. The second-order valence-corrected chi connectivity index (χ2v) is 4.08. The van der Waals surface area contributed by atoms with E-state index in [1.807, 2.05) is 0 Å². The minimum absolute atomic E-state index is 0.383. The molecule has 0 aliphatic rings. The fraction of sp³-hybridized carbons (Fsp3) is 0.300. The molecule has 1 atom stereocenters. The summed E-state index contributed by atoms with van der Waals surface area (Å²) in [6.45, 7) is -0.383. The van der Waals surface area contributed by atoms with Crippen LogP contribution in [0.25, 0.3) is 0 Å². The van der Waals surface area contributed by atoms with Gasteiger partial charge in [-0.25, -0.2) is 0 Å². The van der Waals surface area contributed by atoms with Crippen LogP contribution in [0, 0.1) is 0 Å². The van der Waals surface area contributed by atoms with Crippen LogP contribution in [0.4, 0.5) is 0 Å². The molecule has 1 unspecified atom stereocenters. The van der Waals surface area contributed by atoms with Crippen molar-refractivity contribution in [3.05, 3.63) is 24.3 Å². The second-order valence-electron chi connectivity index (χ2n) is 2.80. The number of carboxylic acid groups (broad SMARTS) is 1. The van der Waals surface area contributed by atoms with E-state index in [0.29, 0.717) is 0 Å². The average Bonchev–Trinajstić information content (AvgIpc) is 2.26. The molecule has 0 radical (unpaired) electrons. The van der Waals surface area contributed by atoms with Gasteiger partial charge in [0, 0.05) is 4.90 Å². The van der Waals surface area contributed by atoms with Crippen molar-refractivity contribution in [2.45, 2.75) is 10.1 Å². The molecule has 0 aliphatic carbocycles. The highest BCUT2D eigenvalue weighted by Crippen LogP contribution is 2.25. The molecule has 2 N–H and O–H groups in total. The molecule has 0 saturated heterocycles. The lowest BCUT2D eigenvalue weighted by Crippen LogP contribution is -2.20. The Morgan fingerprint density at radius 2 is 2.07 bits per heavy atom. The molecule has 1 rings (SSSR count). The van der Waals surface area contributed by atoms with Crippen molar-refractivity contribution < 1.29 is 19.7 Å². The van der Waals surface area contributed by atoms with Crippen molar-refractivity contribution in [2.24, 2.45) is 0 Å². The Kier molecular flexibility index (Phi) is 4.45. The number of carbonyl (C=O) groups is 1. The van der Waals surface area contributed by atoms with E-state index in [-0.39, 0.29) is 6.61 Å². The zero-order valence-electron chi connectivity index (χ0n) is 8.21. The number of aliphatic carboxylic acids is 1. The van der Waals surface area contributed by atoms with E-state index in [2.05, 4.69) is 0 Å². The van der Waals surface area contributed by atoms with E-state index in [1.165, 1.54) is 0 Å². The number of carboxylic acids is 1. The van der Waals surface area contributed by atoms with E-state index in [9.17, 15) is 4.79 Å². The first kappa shape index (κ1) is 11.9. The Hall–Kier alpha value is -1.20. The lowest BCUT2D eigenvalue weighted by molar-refractivity contribution is -0.137. The van der Waals surface area contributed by atoms with Gasteiger partial charge >= 0.3 is 5.97 Å². The van der Waals surface area contributed by atoms with Gasteiger partial charge in [0.2, 0.25) is 0 Å². The molecule has 1 aromatic carbocycles. The molecule has 1 aromatic rings. The Morgan fingerprint density at radius 3 is 2.47 bits per heavy atom. The molecule has 5 heteroatoms. The minimum atomic E-state index is -1.02. The predicted octanol–water partition coefficient (Wildman–Crippen LogP) is 1.23. The number of methoxy groups -OCH3 is 1. The molecule has 82 valence electrons. The van der Waals surface area contributed by atoms with Gasteiger partial charge in [0.1, 0.15) is 11.0 Å². The van der Waals surface area contributed by atoms with Crippen LogP contribution < -0.4 is 4.74 Å². The first-order valence-electron chi connectivity index (χ1n) is 4.31. The summed E-state index contributed by atoms with van der Waals surface area (Å²) in [6.07, 6.45) is 0. The summed E-state index contributed by atoms with van der Waals surface area (Å²) < 4.78 is 4.97. The molecule has 0 aromatic heterocycles. The van der Waals surface area contributed by atoms with Gasteiger partial charge in [0.05, 0.1) is 13.7 Å². The fourth-order valence-corrected chi connectivity index (χ4v) is 1.78. The van der Waals surface area contributed by atoms with E-state index in [0.717, 1.165) is 22.4 Å². The van der Waals surface area contributed by atoms with Gasteiger partial charge in [-0.3, -0.25) is 4.79 Å². The third-order valence-electron chi connectivity index (χ3n) is 1.78. The molecule has 0 bridgehead atoms. The Morgan fingerprint density at radius 1 is 1.47 bits per heavy atom. The monoisotopic (exact) mass is 228 g/mol. The Bertz CT molecular complexity index is 323. The maximum Gasteiger partial charge on any atom is 0.319 e. The Labute approximate surface area is 91.9 Å². The standard InChI is InChI=1S/C10H12O4S/c1-14-7-2-4-8(5-3-7)15-9(6-11)10(12)13/h2-5,9,11H,6H2,1H3,(H,12,13). The summed E-state index contributed by atoms with van der Waals surface area (Å²) >= 11 is 1.11. The number of rotatable bonds is 5. The molecule has 0 aliphatic heterocycles. The highest BCUT2D eigenvalue weighted by molar-refractivity contribution is 8.00. The van der Waals surface area contributed by atoms with Crippen molar-refractivity contribution in [3.63, 3.8) is 0 Å². The molecule has 0 amide bonds. The molecule has 0 spiro atoms. The zero-order valence-corrected chi connectivity index (χ0v) is 9.03. The summed E-state index contributed by atoms with van der Waals surface area (Å²) in [6, 6.07) is 7.02. The quantitative estimate of drug-likeness (QED) is 0.742. The SMILES string of the molecule is COc1ccc(SC(CO)C(=O)O)cc1. The number of aliphatic hydroxyl groups is 1. The number of aliphatic hydroxyl groups excluding tert-OH is 1. The van der Waals surface area contributed by atoms with Gasteiger partial charge in [-0.2, -0.15) is 0 Å². The molecule has 0 fully saturated rings. The van der Waals surface area contributed by atoms with Crippen LogP contribution >= 0.6 is 11.8 Å². The second kappa shape index (κ2) is 5.63. The van der Waals surface area contributed by atoms with Crippen molar-refractivity contribution >= 4 is 17.7 Å². The minimum Gasteiger partial charge on any atom is -0.497 e. The van der Waals surface area contributed by atoms with Crippen LogP contribution in [0.1, 0.15) is 0 Å². The van der Waals surface area contributed by atoms with Crippen LogP contribution in [0.5, 0.6) is 5.75 Å². The van der Waals surface area contributed by atoms with E-state index in [1.54, 1.807) is 31.4 Å². The number of hydrogen-bond donors (Lipinski definition) is 2. The maximum atomic E-state index is 10.7. The van der Waals surface area contributed by atoms with Crippen LogP contribution in [0.3, 0.4) is 0 Å². The summed E-state index contributed by atoms with van der Waals surface area (Å²) in [7, 11) is 1.57. The molecular formula is C10H12O4S. The van der Waals surface area contributed by atoms with E-state index >= 15 is 0 Å². The average molecular weight is 228 g/mol. The van der Waals surface area contributed by atoms with E-state index in [4.69, 9.17) is 14.9 Å². The third kappa shape index (κ3) is 3.45. The Balaban J connectivity index is 2.67. The van der Waals surface area contributed by atoms with Crippen LogP contribution in [-0.2, 0) is 4.79 Å². The fourth-order valence-electron chi connectivity index (χ4n) is 0.984. The first-order valence-corrected chi connectivity index (χ1v) is 5.19. The normalized spacial score (nSPS) is 12.1. The van der Waals surface area contributed by atoms with Gasteiger partial charge in [-0.15, -0.1) is 11.8 Å². The lowest BCUT2D eigenvalue weighted by atomic mass is 10.3. The third-order valence-corrected chi connectivity index (χ3v) is 2.96. The number of hydrogen-bond acceptors (Lipinski definition) is 4. The zero-order chi connectivity index (χ0) is 11.3. The highest BCUT2D eigenvalue weighted by Gasteiger charge is 2.17. The van der Waals surface area contributed by atoms with Gasteiger partial charge in [0.15, 0.2) is 0 Å². The van der Waals surface area contributed by atoms with Crippen molar-refractivity contribution in [1.82, 2.24) is 0 Å². The number of ether oxygens (including phenoxy) is 1. The van der Waals surface area contributed by atoms with Crippen molar-refractivity contribution in [2.75, 3.05) is 13.7 Å². The first-order chi connectivity index (χ1) is 7.17. The highest BCUT2D eigenvalue weighted by atomic mass is 32.2. The molecule has 0 heterocycles. The van der Waals surface area contributed by atoms with Gasteiger partial charge in [0.25, 0.3) is 0 Å². The maximum absolute atomic E-state index is 10.7. The largest absolute Gasteiger partial charge is 0.497 e. The van der Waals surface area contributed by atoms with Crippen LogP contribution in [0.2, 0.25) is 0 Å². The summed E-state index contributed by atoms with van der Waals surface area (Å²) in [4.78, 5) is 11.4. The number of benzene rings is 1. The van der Waals surface area contributed by atoms with E-state index < -0.39 is 11.2 Å².